The van der Waals surface area contributed by atoms with E-state index in [0.717, 1.165) is 0 Å². The van der Waals surface area contributed by atoms with E-state index in [0.29, 0.717) is 16.9 Å². The molecule has 0 aliphatic rings. The van der Waals surface area contributed by atoms with Gasteiger partial charge in [0.1, 0.15) is 11.4 Å². The molecule has 0 spiro atoms. The van der Waals surface area contributed by atoms with Crippen LogP contribution < -0.4 is 39.9 Å². The van der Waals surface area contributed by atoms with Crippen LogP contribution in [0.15, 0.2) is 24.3 Å². The van der Waals surface area contributed by atoms with E-state index in [9.17, 15) is 10.0 Å². The van der Waals surface area contributed by atoms with Crippen LogP contribution >= 0.6 is 0 Å². The van der Waals surface area contributed by atoms with E-state index in [1.54, 1.807) is 0 Å². The van der Waals surface area contributed by atoms with Gasteiger partial charge >= 0.3 is 6.09 Å². The zero-order chi connectivity index (χ0) is 8.97. The van der Waals surface area contributed by atoms with Gasteiger partial charge in [-0.1, -0.05) is 0 Å². The fourth-order valence-electron chi connectivity index (χ4n) is 0.731. The highest BCUT2D eigenvalue weighted by molar-refractivity contribution is 5.68. The van der Waals surface area contributed by atoms with E-state index in [2.05, 4.69) is 4.74 Å². The number of hydrogen-bond acceptors (Lipinski definition) is 3. The lowest BCUT2D eigenvalue weighted by atomic mass is 10.3. The maximum Gasteiger partial charge on any atom is 0.409 e. The summed E-state index contributed by atoms with van der Waals surface area (Å²) in [5.74, 6) is 0.327. The molecule has 0 aliphatic heterocycles. The van der Waals surface area contributed by atoms with Gasteiger partial charge in [-0.25, -0.2) is 4.79 Å². The minimum absolute atomic E-state index is 0. The van der Waals surface area contributed by atoms with Crippen LogP contribution in [0.3, 0.4) is 0 Å². The maximum absolute atomic E-state index is 10.3. The molecule has 0 fully saturated rings. The summed E-state index contributed by atoms with van der Waals surface area (Å²) in [6.45, 7) is 0. The molecule has 0 unspecified atom stereocenters. The quantitative estimate of drug-likeness (QED) is 0.343. The van der Waals surface area contributed by atoms with Crippen molar-refractivity contribution < 1.29 is 39.0 Å². The van der Waals surface area contributed by atoms with Crippen LogP contribution in [0.5, 0.6) is 5.75 Å². The van der Waals surface area contributed by atoms with E-state index in [1.165, 1.54) is 24.3 Å². The van der Waals surface area contributed by atoms with Crippen molar-refractivity contribution in [1.82, 2.24) is 0 Å². The van der Waals surface area contributed by atoms with E-state index in [1.807, 2.05) is 0 Å². The van der Waals surface area contributed by atoms with E-state index < -0.39 is 6.09 Å². The molecule has 0 aliphatic carbocycles. The number of halogens is 1. The first kappa shape index (κ1) is 12.1. The number of primary amides is 1. The van der Waals surface area contributed by atoms with Crippen molar-refractivity contribution in [1.29, 1.82) is 0 Å². The van der Waals surface area contributed by atoms with Crippen molar-refractivity contribution in [3.63, 3.8) is 0 Å². The highest BCUT2D eigenvalue weighted by atomic mass is 127. The van der Waals surface area contributed by atoms with Gasteiger partial charge in [0.05, 0.1) is 0 Å². The van der Waals surface area contributed by atoms with Gasteiger partial charge in [0.2, 0.25) is 0 Å². The molecular weight excluding hydrogens is 287 g/mol. The van der Waals surface area contributed by atoms with Crippen molar-refractivity contribution >= 4 is 11.8 Å². The van der Waals surface area contributed by atoms with Crippen LogP contribution in [0.25, 0.3) is 0 Å². The number of benzene rings is 1. The molecule has 4 N–H and O–H groups in total. The third-order valence-corrected chi connectivity index (χ3v) is 1.23. The number of nitrogens with two attached hydrogens (primary N) is 2. The standard InChI is InChI=1S/C7H8N2O3.HI/c8-7(10)12-6-3-1-5(9-11)2-4-6;/h1-4H,9H2,(H2,8,10);1H/p-1. The van der Waals surface area contributed by atoms with Crippen LogP contribution in [-0.2, 0) is 0 Å². The molecule has 6 heteroatoms. The molecule has 0 saturated carbocycles. The largest absolute Gasteiger partial charge is 1.00 e. The molecule has 72 valence electrons. The van der Waals surface area contributed by atoms with Gasteiger partial charge in [0.25, 0.3) is 0 Å². The van der Waals surface area contributed by atoms with Gasteiger partial charge in [-0.3, -0.25) is 0 Å². The molecule has 0 bridgehead atoms. The Morgan fingerprint density at radius 3 is 2.31 bits per heavy atom. The van der Waals surface area contributed by atoms with Crippen LogP contribution in [0.4, 0.5) is 10.5 Å². The molecule has 1 aromatic carbocycles. The molecule has 1 aromatic rings. The predicted molar refractivity (Wildman–Crippen MR) is 41.6 cm³/mol. The number of hydrogen-bond donors (Lipinski definition) is 2. The SMILES string of the molecule is NC(=O)Oc1ccc([NH2+][O-])cc1.[I-]. The second kappa shape index (κ2) is 5.73. The number of amides is 1. The van der Waals surface area contributed by atoms with E-state index in [-0.39, 0.29) is 24.0 Å². The van der Waals surface area contributed by atoms with E-state index in [4.69, 9.17) is 5.73 Å². The van der Waals surface area contributed by atoms with Gasteiger partial charge in [0.15, 0.2) is 0 Å². The van der Waals surface area contributed by atoms with Crippen molar-refractivity contribution in [3.05, 3.63) is 29.5 Å². The molecule has 0 aromatic heterocycles. The molecule has 0 atom stereocenters. The summed E-state index contributed by atoms with van der Waals surface area (Å²) in [5.41, 5.74) is 5.99. The summed E-state index contributed by atoms with van der Waals surface area (Å²) in [4.78, 5) is 10.3. The smallest absolute Gasteiger partial charge is 0.409 e. The normalized spacial score (nSPS) is 8.69. The summed E-state index contributed by atoms with van der Waals surface area (Å²) in [6, 6.07) is 6.06. The zero-order valence-corrected chi connectivity index (χ0v) is 8.72. The van der Waals surface area contributed by atoms with Gasteiger partial charge < -0.3 is 45.1 Å². The molecule has 5 nitrogen and oxygen atoms in total. The average Bonchev–Trinajstić information content (AvgIpc) is 2.05. The average molecular weight is 295 g/mol. The summed E-state index contributed by atoms with van der Waals surface area (Å²) >= 11 is 0. The molecule has 13 heavy (non-hydrogen) atoms. The molecule has 0 radical (unpaired) electrons. The highest BCUT2D eigenvalue weighted by Crippen LogP contribution is 2.11. The highest BCUT2D eigenvalue weighted by Gasteiger charge is 1.97. The van der Waals surface area contributed by atoms with Crippen LogP contribution in [0, 0.1) is 5.21 Å². The third-order valence-electron chi connectivity index (χ3n) is 1.23. The fourth-order valence-corrected chi connectivity index (χ4v) is 0.731. The lowest BCUT2D eigenvalue weighted by molar-refractivity contribution is -0.497. The lowest BCUT2D eigenvalue weighted by Crippen LogP contribution is -3.00. The van der Waals surface area contributed by atoms with Gasteiger partial charge in [0, 0.05) is 12.1 Å². The van der Waals surface area contributed by atoms with Gasteiger partial charge in [-0.05, 0) is 12.1 Å². The first-order chi connectivity index (χ1) is 5.72. The number of carbonyl (C=O) groups is 1. The summed E-state index contributed by atoms with van der Waals surface area (Å²) in [5, 5.41) is 10.2. The Hall–Kier alpha value is -0.860. The molecule has 1 amide bonds. The van der Waals surface area contributed by atoms with Gasteiger partial charge in [-0.15, -0.1) is 0 Å². The third kappa shape index (κ3) is 4.06. The first-order valence-electron chi connectivity index (χ1n) is 3.25. The Labute approximate surface area is 91.9 Å². The fraction of sp³-hybridized carbons (Fsp3) is 0. The number of carbonyl (C=O) groups excluding carboxylic acids is 1. The number of quaternary nitrogens is 1. The molecular formula is C7H8IN2O3-. The van der Waals surface area contributed by atoms with Crippen LogP contribution in [0.1, 0.15) is 0 Å². The topological polar surface area (TPSA) is 92.0 Å². The van der Waals surface area contributed by atoms with Crippen molar-refractivity contribution in [3.8, 4) is 5.75 Å². The molecule has 0 saturated heterocycles. The minimum atomic E-state index is -0.867. The summed E-state index contributed by atoms with van der Waals surface area (Å²) in [6.07, 6.45) is -0.867. The second-order valence-electron chi connectivity index (χ2n) is 2.11. The van der Waals surface area contributed by atoms with Crippen molar-refractivity contribution in [2.45, 2.75) is 0 Å². The minimum Gasteiger partial charge on any atom is -1.00 e. The molecule has 0 heterocycles. The van der Waals surface area contributed by atoms with Crippen LogP contribution in [-0.4, -0.2) is 6.09 Å². The Bertz CT molecular complexity index is 276. The maximum atomic E-state index is 10.3. The van der Waals surface area contributed by atoms with Crippen molar-refractivity contribution in [2.75, 3.05) is 0 Å². The Balaban J connectivity index is 0.00000144. The Kier molecular flexibility index (Phi) is 5.35. The first-order valence-corrected chi connectivity index (χ1v) is 3.25. The van der Waals surface area contributed by atoms with Crippen LogP contribution in [0.2, 0.25) is 0 Å². The summed E-state index contributed by atoms with van der Waals surface area (Å²) < 4.78 is 4.54. The summed E-state index contributed by atoms with van der Waals surface area (Å²) in [7, 11) is 0. The Morgan fingerprint density at radius 2 is 1.92 bits per heavy atom. The zero-order valence-electron chi connectivity index (χ0n) is 6.57. The lowest BCUT2D eigenvalue weighted by Gasteiger charge is -2.02. The number of ether oxygens (including phenoxy) is 1. The Morgan fingerprint density at radius 1 is 1.38 bits per heavy atom. The second-order valence-corrected chi connectivity index (χ2v) is 2.11. The van der Waals surface area contributed by atoms with Gasteiger partial charge in [-0.2, -0.15) is 0 Å². The monoisotopic (exact) mass is 295 g/mol. The predicted octanol–water partition coefficient (Wildman–Crippen LogP) is -3.16. The molecule has 1 rings (SSSR count). The number of rotatable bonds is 2. The van der Waals surface area contributed by atoms with Crippen molar-refractivity contribution in [2.24, 2.45) is 5.73 Å². The van der Waals surface area contributed by atoms with E-state index >= 15 is 0 Å².